The monoisotopic (exact) mass is 465 g/mol. The van der Waals surface area contributed by atoms with Crippen LogP contribution in [-0.4, -0.2) is 25.0 Å². The first-order chi connectivity index (χ1) is 16.2. The molecule has 1 heterocycles. The van der Waals surface area contributed by atoms with Crippen LogP contribution in [0.2, 0.25) is 0 Å². The molecule has 0 fully saturated rings. The van der Waals surface area contributed by atoms with Crippen LogP contribution >= 0.6 is 0 Å². The van der Waals surface area contributed by atoms with Crippen LogP contribution in [0.3, 0.4) is 0 Å². The molecule has 0 aliphatic heterocycles. The molecule has 0 saturated heterocycles. The van der Waals surface area contributed by atoms with Crippen LogP contribution in [0.1, 0.15) is 21.6 Å². The predicted octanol–water partition coefficient (Wildman–Crippen LogP) is 6.04. The number of halogens is 3. The summed E-state index contributed by atoms with van der Waals surface area (Å²) in [4.78, 5) is 19.1. The summed E-state index contributed by atoms with van der Waals surface area (Å²) in [7, 11) is 3.80. The summed E-state index contributed by atoms with van der Waals surface area (Å²) in [5.74, 6) is 1.33. The lowest BCUT2D eigenvalue weighted by Crippen LogP contribution is -2.23. The van der Waals surface area contributed by atoms with E-state index in [0.717, 1.165) is 34.4 Å². The third-order valence-corrected chi connectivity index (χ3v) is 5.19. The maximum Gasteiger partial charge on any atom is 0.416 e. The van der Waals surface area contributed by atoms with E-state index in [1.165, 1.54) is 12.1 Å². The SMILES string of the molecule is CN(C)c1cccc(CNC(=O)c2ccc3c(Oc4ccc(C(F)(F)F)cc4)cccc3c2)n1. The minimum atomic E-state index is -4.40. The van der Waals surface area contributed by atoms with E-state index >= 15 is 0 Å². The zero-order valence-corrected chi connectivity index (χ0v) is 18.6. The van der Waals surface area contributed by atoms with E-state index in [1.54, 1.807) is 30.3 Å². The molecule has 5 nitrogen and oxygen atoms in total. The van der Waals surface area contributed by atoms with Crippen molar-refractivity contribution in [3.05, 3.63) is 95.7 Å². The van der Waals surface area contributed by atoms with Crippen molar-refractivity contribution in [2.75, 3.05) is 19.0 Å². The molecule has 174 valence electrons. The average Bonchev–Trinajstić information content (AvgIpc) is 2.82. The van der Waals surface area contributed by atoms with Gasteiger partial charge in [-0.15, -0.1) is 0 Å². The number of carbonyl (C=O) groups is 1. The zero-order chi connectivity index (χ0) is 24.3. The van der Waals surface area contributed by atoms with E-state index in [-0.39, 0.29) is 18.2 Å². The van der Waals surface area contributed by atoms with Crippen molar-refractivity contribution in [2.24, 2.45) is 0 Å². The second-order valence-electron chi connectivity index (χ2n) is 7.88. The normalized spacial score (nSPS) is 11.3. The highest BCUT2D eigenvalue weighted by atomic mass is 19.4. The number of nitrogens with one attached hydrogen (secondary N) is 1. The molecule has 1 N–H and O–H groups in total. The van der Waals surface area contributed by atoms with E-state index in [0.29, 0.717) is 11.3 Å². The average molecular weight is 465 g/mol. The third-order valence-electron chi connectivity index (χ3n) is 5.19. The van der Waals surface area contributed by atoms with Crippen LogP contribution in [0, 0.1) is 0 Å². The lowest BCUT2D eigenvalue weighted by molar-refractivity contribution is -0.137. The number of ether oxygens (including phenoxy) is 1. The fourth-order valence-electron chi connectivity index (χ4n) is 3.41. The van der Waals surface area contributed by atoms with Crippen molar-refractivity contribution in [2.45, 2.75) is 12.7 Å². The molecule has 0 bridgehead atoms. The molecule has 0 radical (unpaired) electrons. The number of hydrogen-bond donors (Lipinski definition) is 1. The Kier molecular flexibility index (Phi) is 6.40. The molecule has 4 aromatic rings. The third kappa shape index (κ3) is 5.28. The van der Waals surface area contributed by atoms with Gasteiger partial charge in [0.15, 0.2) is 0 Å². The largest absolute Gasteiger partial charge is 0.457 e. The van der Waals surface area contributed by atoms with E-state index in [1.807, 2.05) is 43.3 Å². The first kappa shape index (κ1) is 23.1. The van der Waals surface area contributed by atoms with Crippen LogP contribution in [-0.2, 0) is 12.7 Å². The number of fused-ring (bicyclic) bond motifs is 1. The number of alkyl halides is 3. The molecule has 0 spiro atoms. The highest BCUT2D eigenvalue weighted by Crippen LogP contribution is 2.33. The minimum absolute atomic E-state index is 0.243. The van der Waals surface area contributed by atoms with Crippen molar-refractivity contribution in [3.8, 4) is 11.5 Å². The summed E-state index contributed by atoms with van der Waals surface area (Å²) >= 11 is 0. The summed E-state index contributed by atoms with van der Waals surface area (Å²) in [5, 5.41) is 4.38. The van der Waals surface area contributed by atoms with Crippen molar-refractivity contribution in [3.63, 3.8) is 0 Å². The molecular formula is C26H22F3N3O2. The van der Waals surface area contributed by atoms with Crippen LogP contribution in [0.4, 0.5) is 19.0 Å². The Bertz CT molecular complexity index is 1320. The maximum atomic E-state index is 12.8. The minimum Gasteiger partial charge on any atom is -0.457 e. The van der Waals surface area contributed by atoms with Gasteiger partial charge in [0.05, 0.1) is 17.8 Å². The predicted molar refractivity (Wildman–Crippen MR) is 125 cm³/mol. The zero-order valence-electron chi connectivity index (χ0n) is 18.6. The number of amides is 1. The lowest BCUT2D eigenvalue weighted by atomic mass is 10.1. The van der Waals surface area contributed by atoms with Gasteiger partial charge in [0, 0.05) is 25.0 Å². The van der Waals surface area contributed by atoms with Gasteiger partial charge >= 0.3 is 6.18 Å². The standard InChI is InChI=1S/C26H22F3N3O2/c1-32(2)24-8-4-6-20(31-24)16-30-25(33)18-9-14-22-17(15-18)5-3-7-23(22)34-21-12-10-19(11-13-21)26(27,28)29/h3-15H,16H2,1-2H3,(H,30,33). The second kappa shape index (κ2) is 9.43. The molecule has 3 aromatic carbocycles. The molecule has 0 aliphatic rings. The molecule has 0 unspecified atom stereocenters. The van der Waals surface area contributed by atoms with Gasteiger partial charge in [0.2, 0.25) is 0 Å². The Morgan fingerprint density at radius 2 is 1.71 bits per heavy atom. The highest BCUT2D eigenvalue weighted by molar-refractivity contribution is 5.99. The number of hydrogen-bond acceptors (Lipinski definition) is 4. The smallest absolute Gasteiger partial charge is 0.416 e. The number of nitrogens with zero attached hydrogens (tertiary/aromatic N) is 2. The van der Waals surface area contributed by atoms with Gasteiger partial charge in [-0.2, -0.15) is 13.2 Å². The van der Waals surface area contributed by atoms with Gasteiger partial charge in [-0.05, 0) is 66.0 Å². The number of rotatable bonds is 6. The van der Waals surface area contributed by atoms with Gasteiger partial charge in [0.25, 0.3) is 5.91 Å². The number of benzene rings is 3. The summed E-state index contributed by atoms with van der Waals surface area (Å²) < 4.78 is 44.2. The quantitative estimate of drug-likeness (QED) is 0.377. The molecule has 8 heteroatoms. The second-order valence-corrected chi connectivity index (χ2v) is 7.88. The molecule has 34 heavy (non-hydrogen) atoms. The molecule has 0 aliphatic carbocycles. The first-order valence-corrected chi connectivity index (χ1v) is 10.5. The summed E-state index contributed by atoms with van der Waals surface area (Å²) in [6, 6.07) is 20.7. The van der Waals surface area contributed by atoms with Gasteiger partial charge < -0.3 is 15.0 Å². The Hall–Kier alpha value is -4.07. The van der Waals surface area contributed by atoms with Crippen molar-refractivity contribution >= 4 is 22.5 Å². The van der Waals surface area contributed by atoms with E-state index < -0.39 is 11.7 Å². The van der Waals surface area contributed by atoms with E-state index in [2.05, 4.69) is 10.3 Å². The molecule has 1 aromatic heterocycles. The summed E-state index contributed by atoms with van der Waals surface area (Å²) in [6.45, 7) is 0.287. The Morgan fingerprint density at radius 3 is 2.41 bits per heavy atom. The van der Waals surface area contributed by atoms with Crippen LogP contribution in [0.25, 0.3) is 10.8 Å². The lowest BCUT2D eigenvalue weighted by Gasteiger charge is -2.13. The number of aromatic nitrogens is 1. The van der Waals surface area contributed by atoms with Gasteiger partial charge in [0.1, 0.15) is 17.3 Å². The maximum absolute atomic E-state index is 12.8. The molecular weight excluding hydrogens is 443 g/mol. The van der Waals surface area contributed by atoms with Crippen molar-refractivity contribution in [1.82, 2.24) is 10.3 Å². The Morgan fingerprint density at radius 1 is 0.971 bits per heavy atom. The number of pyridine rings is 1. The summed E-state index contributed by atoms with van der Waals surface area (Å²) in [6.07, 6.45) is -4.40. The molecule has 4 rings (SSSR count). The van der Waals surface area contributed by atoms with Crippen molar-refractivity contribution in [1.29, 1.82) is 0 Å². The van der Waals surface area contributed by atoms with E-state index in [4.69, 9.17) is 4.74 Å². The molecule has 1 amide bonds. The van der Waals surface area contributed by atoms with Crippen LogP contribution in [0.15, 0.2) is 78.9 Å². The van der Waals surface area contributed by atoms with E-state index in [9.17, 15) is 18.0 Å². The highest BCUT2D eigenvalue weighted by Gasteiger charge is 2.30. The van der Waals surface area contributed by atoms with Gasteiger partial charge in [-0.25, -0.2) is 4.98 Å². The van der Waals surface area contributed by atoms with Crippen LogP contribution < -0.4 is 15.0 Å². The number of anilines is 1. The van der Waals surface area contributed by atoms with Crippen molar-refractivity contribution < 1.29 is 22.7 Å². The fourth-order valence-corrected chi connectivity index (χ4v) is 3.41. The summed E-state index contributed by atoms with van der Waals surface area (Å²) in [5.41, 5.74) is 0.479. The number of carbonyl (C=O) groups excluding carboxylic acids is 1. The Labute approximate surface area is 194 Å². The molecule has 0 atom stereocenters. The Balaban J connectivity index is 1.49. The van der Waals surface area contributed by atoms with Crippen LogP contribution in [0.5, 0.6) is 11.5 Å². The topological polar surface area (TPSA) is 54.5 Å². The fraction of sp³-hybridized carbons (Fsp3) is 0.154. The van der Waals surface area contributed by atoms with Gasteiger partial charge in [-0.1, -0.05) is 18.2 Å². The first-order valence-electron chi connectivity index (χ1n) is 10.5. The van der Waals surface area contributed by atoms with Gasteiger partial charge in [-0.3, -0.25) is 4.79 Å². The molecule has 0 saturated carbocycles.